The molecule has 0 spiro atoms. The molecule has 1 heteroatoms. The van der Waals surface area contributed by atoms with Crippen molar-refractivity contribution in [3.05, 3.63) is 82.9 Å². The number of rotatable bonds is 3. The van der Waals surface area contributed by atoms with E-state index < -0.39 is 0 Å². The molecule has 0 heterocycles. The number of hydrogen-bond donors (Lipinski definition) is 0. The van der Waals surface area contributed by atoms with Gasteiger partial charge in [-0.3, -0.25) is 0 Å². The van der Waals surface area contributed by atoms with E-state index in [1.54, 1.807) is 0 Å². The van der Waals surface area contributed by atoms with Crippen LogP contribution in [0.3, 0.4) is 0 Å². The van der Waals surface area contributed by atoms with Crippen LogP contribution in [0.15, 0.2) is 71.7 Å². The van der Waals surface area contributed by atoms with Crippen LogP contribution < -0.4 is 0 Å². The second-order valence-electron chi connectivity index (χ2n) is 3.65. The Labute approximate surface area is 105 Å². The van der Waals surface area contributed by atoms with Crippen molar-refractivity contribution in [2.24, 2.45) is 0 Å². The van der Waals surface area contributed by atoms with Crippen molar-refractivity contribution >= 4 is 15.9 Å². The molecule has 0 aliphatic carbocycles. The number of benzene rings is 2. The van der Waals surface area contributed by atoms with Crippen LogP contribution in [0.2, 0.25) is 0 Å². The van der Waals surface area contributed by atoms with E-state index in [1.807, 2.05) is 18.2 Å². The van der Waals surface area contributed by atoms with Crippen molar-refractivity contribution in [2.45, 2.75) is 5.92 Å². The van der Waals surface area contributed by atoms with Crippen LogP contribution >= 0.6 is 15.9 Å². The molecule has 0 nitrogen and oxygen atoms in total. The molecule has 0 fully saturated rings. The van der Waals surface area contributed by atoms with E-state index >= 15 is 0 Å². The highest BCUT2D eigenvalue weighted by Gasteiger charge is 2.12. The van der Waals surface area contributed by atoms with Crippen molar-refractivity contribution < 1.29 is 0 Å². The molecule has 0 bridgehead atoms. The Morgan fingerprint density at radius 3 is 2.19 bits per heavy atom. The van der Waals surface area contributed by atoms with Crippen molar-refractivity contribution in [1.29, 1.82) is 0 Å². The molecule has 2 aromatic rings. The highest BCUT2D eigenvalue weighted by molar-refractivity contribution is 9.10. The smallest absolute Gasteiger partial charge is 0.0278 e. The van der Waals surface area contributed by atoms with Gasteiger partial charge in [-0.1, -0.05) is 70.5 Å². The molecule has 16 heavy (non-hydrogen) atoms. The summed E-state index contributed by atoms with van der Waals surface area (Å²) < 4.78 is 1.13. The normalized spacial score (nSPS) is 12.1. The molecular formula is C15H13Br. The minimum absolute atomic E-state index is 0.247. The third-order valence-electron chi connectivity index (χ3n) is 2.63. The van der Waals surface area contributed by atoms with Crippen LogP contribution in [-0.4, -0.2) is 0 Å². The maximum Gasteiger partial charge on any atom is 0.0278 e. The van der Waals surface area contributed by atoms with Gasteiger partial charge in [0.1, 0.15) is 0 Å². The van der Waals surface area contributed by atoms with E-state index in [0.717, 1.165) is 4.47 Å². The maximum atomic E-state index is 3.93. The van der Waals surface area contributed by atoms with Crippen molar-refractivity contribution in [3.63, 3.8) is 0 Å². The zero-order chi connectivity index (χ0) is 11.4. The molecular weight excluding hydrogens is 260 g/mol. The van der Waals surface area contributed by atoms with Gasteiger partial charge in [0.15, 0.2) is 0 Å². The van der Waals surface area contributed by atoms with Gasteiger partial charge in [-0.15, -0.1) is 6.58 Å². The van der Waals surface area contributed by atoms with Gasteiger partial charge in [0, 0.05) is 10.4 Å². The fourth-order valence-electron chi connectivity index (χ4n) is 1.83. The minimum Gasteiger partial charge on any atom is -0.102 e. The fourth-order valence-corrected chi connectivity index (χ4v) is 2.36. The first-order chi connectivity index (χ1) is 7.83. The summed E-state index contributed by atoms with van der Waals surface area (Å²) in [5.41, 5.74) is 2.52. The Bertz CT molecular complexity index is 474. The van der Waals surface area contributed by atoms with Gasteiger partial charge < -0.3 is 0 Å². The fraction of sp³-hybridized carbons (Fsp3) is 0.0667. The predicted molar refractivity (Wildman–Crippen MR) is 72.6 cm³/mol. The summed E-state index contributed by atoms with van der Waals surface area (Å²) in [7, 11) is 0. The summed E-state index contributed by atoms with van der Waals surface area (Å²) in [4.78, 5) is 0. The van der Waals surface area contributed by atoms with E-state index in [4.69, 9.17) is 0 Å². The molecule has 0 aliphatic heterocycles. The zero-order valence-corrected chi connectivity index (χ0v) is 10.5. The molecule has 2 rings (SSSR count). The molecule has 1 atom stereocenters. The van der Waals surface area contributed by atoms with Gasteiger partial charge in [-0.05, 0) is 17.2 Å². The number of allylic oxidation sites excluding steroid dienone is 1. The molecule has 1 unspecified atom stereocenters. The largest absolute Gasteiger partial charge is 0.102 e. The Morgan fingerprint density at radius 2 is 1.56 bits per heavy atom. The van der Waals surface area contributed by atoms with Gasteiger partial charge in [-0.2, -0.15) is 0 Å². The number of halogens is 1. The molecule has 0 saturated carbocycles. The molecule has 2 aromatic carbocycles. The summed E-state index contributed by atoms with van der Waals surface area (Å²) in [6.45, 7) is 3.93. The van der Waals surface area contributed by atoms with E-state index in [1.165, 1.54) is 11.1 Å². The van der Waals surface area contributed by atoms with Crippen LogP contribution in [0.4, 0.5) is 0 Å². The summed E-state index contributed by atoms with van der Waals surface area (Å²) >= 11 is 3.59. The predicted octanol–water partition coefficient (Wildman–Crippen LogP) is 4.77. The second-order valence-corrected chi connectivity index (χ2v) is 4.50. The van der Waals surface area contributed by atoms with E-state index in [0.29, 0.717) is 0 Å². The average Bonchev–Trinajstić information content (AvgIpc) is 2.34. The van der Waals surface area contributed by atoms with Crippen LogP contribution in [0.1, 0.15) is 17.0 Å². The monoisotopic (exact) mass is 272 g/mol. The standard InChI is InChI=1S/C15H13Br/c1-2-13(12-8-4-3-5-9-12)14-10-6-7-11-15(14)16/h2-11,13H,1H2. The molecule has 0 amide bonds. The lowest BCUT2D eigenvalue weighted by molar-refractivity contribution is 1.02. The van der Waals surface area contributed by atoms with E-state index in [9.17, 15) is 0 Å². The lowest BCUT2D eigenvalue weighted by Crippen LogP contribution is -1.97. The Morgan fingerprint density at radius 1 is 0.938 bits per heavy atom. The first-order valence-corrected chi connectivity index (χ1v) is 6.04. The van der Waals surface area contributed by atoms with Crippen molar-refractivity contribution in [2.75, 3.05) is 0 Å². The molecule has 0 saturated heterocycles. The van der Waals surface area contributed by atoms with Crippen LogP contribution in [0, 0.1) is 0 Å². The molecule has 0 radical (unpaired) electrons. The Kier molecular flexibility index (Phi) is 3.58. The second kappa shape index (κ2) is 5.13. The van der Waals surface area contributed by atoms with Gasteiger partial charge in [0.25, 0.3) is 0 Å². The van der Waals surface area contributed by atoms with E-state index in [-0.39, 0.29) is 5.92 Å². The van der Waals surface area contributed by atoms with Crippen LogP contribution in [0.25, 0.3) is 0 Å². The van der Waals surface area contributed by atoms with Crippen molar-refractivity contribution in [3.8, 4) is 0 Å². The third-order valence-corrected chi connectivity index (χ3v) is 3.36. The molecule has 80 valence electrons. The summed E-state index contributed by atoms with van der Waals surface area (Å²) in [5.74, 6) is 0.247. The summed E-state index contributed by atoms with van der Waals surface area (Å²) in [6.07, 6.45) is 1.98. The first kappa shape index (κ1) is 11.2. The summed E-state index contributed by atoms with van der Waals surface area (Å²) in [5, 5.41) is 0. The van der Waals surface area contributed by atoms with Crippen molar-refractivity contribution in [1.82, 2.24) is 0 Å². The van der Waals surface area contributed by atoms with Gasteiger partial charge in [0.2, 0.25) is 0 Å². The lowest BCUT2D eigenvalue weighted by Gasteiger charge is -2.15. The quantitative estimate of drug-likeness (QED) is 0.707. The molecule has 0 aromatic heterocycles. The molecule has 0 N–H and O–H groups in total. The summed E-state index contributed by atoms with van der Waals surface area (Å²) in [6, 6.07) is 18.7. The maximum absolute atomic E-state index is 3.93. The van der Waals surface area contributed by atoms with Gasteiger partial charge in [0.05, 0.1) is 0 Å². The van der Waals surface area contributed by atoms with Crippen LogP contribution in [0.5, 0.6) is 0 Å². The average molecular weight is 273 g/mol. The minimum atomic E-state index is 0.247. The van der Waals surface area contributed by atoms with Crippen LogP contribution in [-0.2, 0) is 0 Å². The third kappa shape index (κ3) is 2.25. The highest BCUT2D eigenvalue weighted by Crippen LogP contribution is 2.30. The van der Waals surface area contributed by atoms with Gasteiger partial charge in [-0.25, -0.2) is 0 Å². The number of hydrogen-bond acceptors (Lipinski definition) is 0. The first-order valence-electron chi connectivity index (χ1n) is 5.25. The lowest BCUT2D eigenvalue weighted by atomic mass is 9.92. The van der Waals surface area contributed by atoms with Gasteiger partial charge >= 0.3 is 0 Å². The molecule has 0 aliphatic rings. The van der Waals surface area contributed by atoms with E-state index in [2.05, 4.69) is 65.0 Å². The topological polar surface area (TPSA) is 0 Å². The highest BCUT2D eigenvalue weighted by atomic mass is 79.9. The zero-order valence-electron chi connectivity index (χ0n) is 8.94. The SMILES string of the molecule is C=CC(c1ccccc1)c1ccccc1Br. The Balaban J connectivity index is 2.45. The Hall–Kier alpha value is -1.34.